The molecule has 6 rings (SSSR count). The van der Waals surface area contributed by atoms with Gasteiger partial charge in [-0.15, -0.1) is 10.2 Å². The molecule has 1 aromatic carbocycles. The summed E-state index contributed by atoms with van der Waals surface area (Å²) in [6.07, 6.45) is 4.76. The number of carbonyl (C=O) groups is 1. The monoisotopic (exact) mass is 497 g/mol. The van der Waals surface area contributed by atoms with Crippen molar-refractivity contribution in [3.05, 3.63) is 56.7 Å². The van der Waals surface area contributed by atoms with Crippen LogP contribution in [0, 0.1) is 5.82 Å². The average Bonchev–Trinajstić information content (AvgIpc) is 3.60. The highest BCUT2D eigenvalue weighted by molar-refractivity contribution is 7.99. The van der Waals surface area contributed by atoms with Crippen molar-refractivity contribution in [1.29, 1.82) is 0 Å². The number of nitrogens with zero attached hydrogens (tertiary/aromatic N) is 5. The number of piperidine rings is 1. The van der Waals surface area contributed by atoms with E-state index >= 15 is 0 Å². The lowest BCUT2D eigenvalue weighted by Crippen LogP contribution is -2.40. The molecule has 1 fully saturated rings. The molecule has 0 spiro atoms. The average molecular weight is 498 g/mol. The zero-order chi connectivity index (χ0) is 23.2. The summed E-state index contributed by atoms with van der Waals surface area (Å²) in [6.45, 7) is 1.28. The quantitative estimate of drug-likeness (QED) is 0.510. The summed E-state index contributed by atoms with van der Waals surface area (Å²) in [5.41, 5.74) is 2.29. The Bertz CT molecular complexity index is 1320. The van der Waals surface area contributed by atoms with Gasteiger partial charge >= 0.3 is 0 Å². The number of hydrogen-bond donors (Lipinski definition) is 0. The summed E-state index contributed by atoms with van der Waals surface area (Å²) in [6, 6.07) is 6.43. The Morgan fingerprint density at radius 2 is 2.06 bits per heavy atom. The molecule has 0 N–H and O–H groups in total. The molecular weight excluding hydrogens is 473 g/mol. The predicted octanol–water partition coefficient (Wildman–Crippen LogP) is 3.83. The molecular formula is C24H24FN5O2S2. The van der Waals surface area contributed by atoms with Gasteiger partial charge < -0.3 is 4.90 Å². The zero-order valence-electron chi connectivity index (χ0n) is 18.6. The van der Waals surface area contributed by atoms with Gasteiger partial charge in [0.25, 0.3) is 5.56 Å². The van der Waals surface area contributed by atoms with Gasteiger partial charge in [0.05, 0.1) is 11.7 Å². The number of thioether (sulfide) groups is 1. The maximum Gasteiger partial charge on any atom is 0.257 e. The van der Waals surface area contributed by atoms with Gasteiger partial charge in [-0.2, -0.15) is 0 Å². The Balaban J connectivity index is 1.16. The minimum absolute atomic E-state index is 0.0476. The highest BCUT2D eigenvalue weighted by atomic mass is 32.2. The van der Waals surface area contributed by atoms with Gasteiger partial charge in [-0.05, 0) is 44.2 Å². The number of likely N-dealkylation sites (tertiary alicyclic amines) is 1. The van der Waals surface area contributed by atoms with Crippen LogP contribution in [-0.4, -0.2) is 49.4 Å². The van der Waals surface area contributed by atoms with E-state index in [4.69, 9.17) is 4.98 Å². The highest BCUT2D eigenvalue weighted by Gasteiger charge is 2.34. The Morgan fingerprint density at radius 1 is 1.18 bits per heavy atom. The van der Waals surface area contributed by atoms with E-state index in [0.29, 0.717) is 35.8 Å². The molecule has 176 valence electrons. The molecule has 3 aromatic rings. The van der Waals surface area contributed by atoms with Crippen molar-refractivity contribution < 1.29 is 9.18 Å². The zero-order valence-corrected chi connectivity index (χ0v) is 20.2. The van der Waals surface area contributed by atoms with E-state index < -0.39 is 0 Å². The van der Waals surface area contributed by atoms with Crippen LogP contribution in [0.5, 0.6) is 0 Å². The first-order chi connectivity index (χ1) is 16.6. The summed E-state index contributed by atoms with van der Waals surface area (Å²) < 4.78 is 15.9. The van der Waals surface area contributed by atoms with Gasteiger partial charge in [-0.25, -0.2) is 9.37 Å². The molecule has 1 amide bonds. The molecule has 4 heterocycles. The fourth-order valence-corrected chi connectivity index (χ4v) is 7.33. The Morgan fingerprint density at radius 3 is 2.94 bits per heavy atom. The first kappa shape index (κ1) is 21.9. The fraction of sp³-hybridized carbons (Fsp3) is 0.458. The number of halogens is 1. The van der Waals surface area contributed by atoms with Gasteiger partial charge in [-0.3, -0.25) is 14.2 Å². The normalized spacial score (nSPS) is 21.5. The summed E-state index contributed by atoms with van der Waals surface area (Å²) in [5.74, 6) is 0.551. The molecule has 1 saturated heterocycles. The third kappa shape index (κ3) is 3.86. The number of fused-ring (bicyclic) bond motifs is 2. The summed E-state index contributed by atoms with van der Waals surface area (Å²) in [7, 11) is 0. The molecule has 3 aliphatic rings. The van der Waals surface area contributed by atoms with E-state index in [1.54, 1.807) is 34.5 Å². The minimum atomic E-state index is -0.310. The fourth-order valence-electron chi connectivity index (χ4n) is 5.18. The summed E-state index contributed by atoms with van der Waals surface area (Å²) in [4.78, 5) is 32.9. The lowest BCUT2D eigenvalue weighted by atomic mass is 9.98. The second-order valence-corrected chi connectivity index (χ2v) is 11.1. The van der Waals surface area contributed by atoms with E-state index in [-0.39, 0.29) is 29.2 Å². The van der Waals surface area contributed by atoms with Crippen molar-refractivity contribution in [3.8, 4) is 10.6 Å². The number of rotatable bonds is 4. The Labute approximate surface area is 204 Å². The Hall–Kier alpha value is -2.59. The van der Waals surface area contributed by atoms with Gasteiger partial charge in [-0.1, -0.05) is 35.2 Å². The number of aromatic nitrogens is 4. The maximum atomic E-state index is 14.2. The predicted molar refractivity (Wildman–Crippen MR) is 129 cm³/mol. The molecule has 2 unspecified atom stereocenters. The van der Waals surface area contributed by atoms with Crippen molar-refractivity contribution in [3.63, 3.8) is 0 Å². The number of amides is 1. The van der Waals surface area contributed by atoms with Crippen LogP contribution >= 0.6 is 23.1 Å². The first-order valence-corrected chi connectivity index (χ1v) is 13.5. The molecule has 0 saturated carbocycles. The lowest BCUT2D eigenvalue weighted by Gasteiger charge is -2.32. The molecule has 2 atom stereocenters. The maximum absolute atomic E-state index is 14.2. The van der Waals surface area contributed by atoms with Crippen molar-refractivity contribution in [2.24, 2.45) is 0 Å². The topological polar surface area (TPSA) is 81.0 Å². The highest BCUT2D eigenvalue weighted by Crippen LogP contribution is 2.36. The van der Waals surface area contributed by atoms with Gasteiger partial charge in [0.15, 0.2) is 10.2 Å². The largest absolute Gasteiger partial charge is 0.342 e. The minimum Gasteiger partial charge on any atom is -0.342 e. The van der Waals surface area contributed by atoms with Crippen LogP contribution in [0.2, 0.25) is 0 Å². The molecule has 0 radical (unpaired) electrons. The van der Waals surface area contributed by atoms with Gasteiger partial charge in [0.1, 0.15) is 10.8 Å². The van der Waals surface area contributed by atoms with Crippen LogP contribution in [0.25, 0.3) is 10.6 Å². The number of hydrogen-bond acceptors (Lipinski definition) is 7. The Kier molecular flexibility index (Phi) is 5.73. The van der Waals surface area contributed by atoms with E-state index in [9.17, 15) is 14.0 Å². The van der Waals surface area contributed by atoms with Gasteiger partial charge in [0, 0.05) is 42.3 Å². The van der Waals surface area contributed by atoms with Crippen LogP contribution in [-0.2, 0) is 17.6 Å². The van der Waals surface area contributed by atoms with Crippen LogP contribution in [0.3, 0.4) is 0 Å². The first-order valence-electron chi connectivity index (χ1n) is 11.7. The van der Waals surface area contributed by atoms with Crippen LogP contribution < -0.4 is 5.56 Å². The molecule has 1 aliphatic carbocycles. The second kappa shape index (κ2) is 8.88. The summed E-state index contributed by atoms with van der Waals surface area (Å²) in [5, 5.41) is 10.7. The molecule has 34 heavy (non-hydrogen) atoms. The number of benzene rings is 1. The van der Waals surface area contributed by atoms with Crippen LogP contribution in [0.4, 0.5) is 4.39 Å². The van der Waals surface area contributed by atoms with E-state index in [1.807, 2.05) is 4.90 Å². The third-order valence-electron chi connectivity index (χ3n) is 6.95. The number of aryl methyl sites for hydroxylation is 1. The molecule has 0 bridgehead atoms. The van der Waals surface area contributed by atoms with E-state index in [1.165, 1.54) is 17.4 Å². The third-order valence-corrected chi connectivity index (χ3v) is 9.17. The van der Waals surface area contributed by atoms with Crippen LogP contribution in [0.15, 0.2) is 34.2 Å². The molecule has 2 aliphatic heterocycles. The van der Waals surface area contributed by atoms with E-state index in [2.05, 4.69) is 10.2 Å². The van der Waals surface area contributed by atoms with Crippen molar-refractivity contribution in [1.82, 2.24) is 24.6 Å². The van der Waals surface area contributed by atoms with Crippen LogP contribution in [0.1, 0.15) is 53.9 Å². The van der Waals surface area contributed by atoms with Crippen molar-refractivity contribution in [2.75, 3.05) is 18.8 Å². The smallest absolute Gasteiger partial charge is 0.257 e. The standard InChI is InChI=1S/C24H24FN5O2S2/c25-18-8-2-1-6-16(18)22-28-27-21(34-22)14-5-4-10-29(12-14)20(31)11-15-13-33-24-26-19-9-3-7-17(19)23(32)30(15)24/h1-2,6,8,14-15H,3-5,7,9-13H2. The van der Waals surface area contributed by atoms with E-state index in [0.717, 1.165) is 53.5 Å². The molecule has 10 heteroatoms. The summed E-state index contributed by atoms with van der Waals surface area (Å²) >= 11 is 2.98. The lowest BCUT2D eigenvalue weighted by molar-refractivity contribution is -0.133. The van der Waals surface area contributed by atoms with Crippen molar-refractivity contribution in [2.45, 2.75) is 55.6 Å². The molecule has 2 aromatic heterocycles. The van der Waals surface area contributed by atoms with Crippen molar-refractivity contribution >= 4 is 29.0 Å². The second-order valence-electron chi connectivity index (χ2n) is 9.12. The molecule has 7 nitrogen and oxygen atoms in total. The number of carbonyl (C=O) groups excluding carboxylic acids is 1. The SMILES string of the molecule is O=C(CC1CSc2nc3c(c(=O)n21)CCC3)N1CCCC(c2nnc(-c3ccccc3F)s2)C1. The van der Waals surface area contributed by atoms with Gasteiger partial charge in [0.2, 0.25) is 5.91 Å².